The summed E-state index contributed by atoms with van der Waals surface area (Å²) in [5.74, 6) is 0.896. The predicted octanol–water partition coefficient (Wildman–Crippen LogP) is 5.76. The van der Waals surface area contributed by atoms with Crippen molar-refractivity contribution in [1.29, 1.82) is 0 Å². The molecule has 1 unspecified atom stereocenters. The van der Waals surface area contributed by atoms with Crippen LogP contribution < -0.4 is 10.6 Å². The fourth-order valence-electron chi connectivity index (χ4n) is 4.29. The molecule has 7 heteroatoms. The Balaban J connectivity index is 1.26. The van der Waals surface area contributed by atoms with E-state index in [1.165, 1.54) is 11.8 Å². The summed E-state index contributed by atoms with van der Waals surface area (Å²) in [4.78, 5) is 20.3. The summed E-state index contributed by atoms with van der Waals surface area (Å²) >= 11 is 11.2. The highest BCUT2D eigenvalue weighted by atomic mass is 35.5. The molecule has 2 N–H and O–H groups in total. The largest absolute Gasteiger partial charge is 0.385 e. The van der Waals surface area contributed by atoms with Gasteiger partial charge >= 0.3 is 0 Å². The van der Waals surface area contributed by atoms with E-state index in [2.05, 4.69) is 45.7 Å². The molecule has 1 aliphatic heterocycles. The summed E-state index contributed by atoms with van der Waals surface area (Å²) in [6.07, 6.45) is 11.3. The van der Waals surface area contributed by atoms with Crippen molar-refractivity contribution < 1.29 is 4.79 Å². The quantitative estimate of drug-likeness (QED) is 0.494. The molecule has 1 aromatic heterocycles. The van der Waals surface area contributed by atoms with Crippen molar-refractivity contribution in [3.63, 3.8) is 0 Å². The van der Waals surface area contributed by atoms with Gasteiger partial charge in [-0.1, -0.05) is 42.0 Å². The third kappa shape index (κ3) is 6.50. The zero-order chi connectivity index (χ0) is 23.2. The first-order valence-corrected chi connectivity index (χ1v) is 12.2. The molecular formula is C26H29ClN4OS. The van der Waals surface area contributed by atoms with E-state index in [-0.39, 0.29) is 5.91 Å². The summed E-state index contributed by atoms with van der Waals surface area (Å²) in [7, 11) is 0. The molecule has 4 rings (SSSR count). The topological polar surface area (TPSA) is 57.3 Å². The van der Waals surface area contributed by atoms with Crippen molar-refractivity contribution >= 4 is 46.1 Å². The molecule has 0 spiro atoms. The molecule has 172 valence electrons. The second-order valence-corrected chi connectivity index (χ2v) is 9.61. The Morgan fingerprint density at radius 2 is 2.09 bits per heavy atom. The van der Waals surface area contributed by atoms with Crippen LogP contribution in [0.3, 0.4) is 0 Å². The van der Waals surface area contributed by atoms with Gasteiger partial charge in [0.15, 0.2) is 0 Å². The molecule has 5 nitrogen and oxygen atoms in total. The minimum atomic E-state index is -0.193. The molecule has 1 aromatic carbocycles. The zero-order valence-electron chi connectivity index (χ0n) is 18.8. The van der Waals surface area contributed by atoms with Crippen LogP contribution in [0.2, 0.25) is 5.02 Å². The number of carbonyl (C=O) groups is 1. The van der Waals surface area contributed by atoms with Crippen LogP contribution in [-0.2, 0) is 0 Å². The number of aromatic nitrogens is 1. The second-order valence-electron chi connectivity index (χ2n) is 8.65. The predicted molar refractivity (Wildman–Crippen MR) is 140 cm³/mol. The van der Waals surface area contributed by atoms with Crippen LogP contribution in [0.25, 0.3) is 0 Å². The number of nitrogens with one attached hydrogen (secondary N) is 2. The molecule has 1 fully saturated rings. The Hall–Kier alpha value is -2.54. The van der Waals surface area contributed by atoms with E-state index in [4.69, 9.17) is 23.8 Å². The van der Waals surface area contributed by atoms with Gasteiger partial charge in [0.25, 0.3) is 5.91 Å². The lowest BCUT2D eigenvalue weighted by atomic mass is 9.93. The van der Waals surface area contributed by atoms with Crippen molar-refractivity contribution in [2.45, 2.75) is 32.2 Å². The highest BCUT2D eigenvalue weighted by molar-refractivity contribution is 7.80. The van der Waals surface area contributed by atoms with Crippen molar-refractivity contribution in [2.24, 2.45) is 5.92 Å². The highest BCUT2D eigenvalue weighted by Gasteiger charge is 2.24. The van der Waals surface area contributed by atoms with Gasteiger partial charge in [0, 0.05) is 41.3 Å². The lowest BCUT2D eigenvalue weighted by Crippen LogP contribution is -2.42. The van der Waals surface area contributed by atoms with Crippen LogP contribution in [-0.4, -0.2) is 46.3 Å². The molecule has 33 heavy (non-hydrogen) atoms. The highest BCUT2D eigenvalue weighted by Crippen LogP contribution is 2.24. The molecule has 2 aliphatic rings. The molecule has 0 saturated carbocycles. The number of allylic oxidation sites excluding steroid dienone is 2. The fraction of sp³-hybridized carbons (Fsp3) is 0.346. The first-order chi connectivity index (χ1) is 16.0. The van der Waals surface area contributed by atoms with Crippen molar-refractivity contribution in [2.75, 3.05) is 30.3 Å². The summed E-state index contributed by atoms with van der Waals surface area (Å²) in [5.41, 5.74) is 2.87. The number of halogens is 1. The Bertz CT molecular complexity index is 1060. The van der Waals surface area contributed by atoms with Gasteiger partial charge in [-0.05, 0) is 80.8 Å². The van der Waals surface area contributed by atoms with Crippen LogP contribution >= 0.6 is 23.8 Å². The van der Waals surface area contributed by atoms with Crippen molar-refractivity contribution in [1.82, 2.24) is 9.88 Å². The molecule has 1 aliphatic carbocycles. The number of piperidine rings is 1. The zero-order valence-corrected chi connectivity index (χ0v) is 20.3. The van der Waals surface area contributed by atoms with E-state index in [0.717, 1.165) is 49.4 Å². The van der Waals surface area contributed by atoms with Gasteiger partial charge in [0.05, 0.1) is 5.02 Å². The lowest BCUT2D eigenvalue weighted by Gasteiger charge is -2.37. The number of thiocarbonyl (C=S) groups is 1. The molecule has 1 saturated heterocycles. The SMILES string of the molecule is CC(C1=CC(=S)CC=C1)N1CCC(CNc2cccc(C(=O)Nc3ccc(Cl)cn3)c2)CC1. The molecule has 0 radical (unpaired) electrons. The van der Waals surface area contributed by atoms with E-state index in [1.54, 1.807) is 18.2 Å². The smallest absolute Gasteiger partial charge is 0.256 e. The second kappa shape index (κ2) is 11.1. The molecule has 1 atom stereocenters. The molecule has 2 aromatic rings. The molecular weight excluding hydrogens is 452 g/mol. The van der Waals surface area contributed by atoms with Crippen LogP contribution in [0.15, 0.2) is 66.4 Å². The number of amides is 1. The lowest BCUT2D eigenvalue weighted by molar-refractivity contribution is 0.102. The van der Waals surface area contributed by atoms with Crippen molar-refractivity contribution in [3.8, 4) is 0 Å². The number of likely N-dealkylation sites (tertiary alicyclic amines) is 1. The van der Waals surface area contributed by atoms with Gasteiger partial charge in [0.1, 0.15) is 5.82 Å². The van der Waals surface area contributed by atoms with Crippen LogP contribution in [0.1, 0.15) is 36.5 Å². The maximum Gasteiger partial charge on any atom is 0.256 e. The summed E-state index contributed by atoms with van der Waals surface area (Å²) < 4.78 is 0. The van der Waals surface area contributed by atoms with E-state index in [9.17, 15) is 4.79 Å². The molecule has 2 heterocycles. The van der Waals surface area contributed by atoms with Gasteiger partial charge in [-0.25, -0.2) is 4.98 Å². The number of rotatable bonds is 7. The summed E-state index contributed by atoms with van der Waals surface area (Å²) in [6.45, 7) is 5.35. The number of benzene rings is 1. The van der Waals surface area contributed by atoms with Gasteiger partial charge in [-0.3, -0.25) is 9.69 Å². The number of carbonyl (C=O) groups excluding carboxylic acids is 1. The number of nitrogens with zero attached hydrogens (tertiary/aromatic N) is 2. The standard InChI is InChI=1S/C26H29ClN4OS/c1-18(20-4-3-7-24(33)15-20)31-12-10-19(11-13-31)16-28-23-6-2-5-21(14-23)26(32)30-25-9-8-22(27)17-29-25/h2-6,8-9,14-15,17-19,28H,7,10-13,16H2,1H3,(H,29,30,32). The maximum atomic E-state index is 12.6. The van der Waals surface area contributed by atoms with Crippen LogP contribution in [0.4, 0.5) is 11.5 Å². The van der Waals surface area contributed by atoms with E-state index in [0.29, 0.717) is 28.4 Å². The Morgan fingerprint density at radius 3 is 2.82 bits per heavy atom. The van der Waals surface area contributed by atoms with E-state index < -0.39 is 0 Å². The normalized spacial score (nSPS) is 18.0. The monoisotopic (exact) mass is 480 g/mol. The Labute approximate surface area is 205 Å². The minimum Gasteiger partial charge on any atom is -0.385 e. The summed E-state index contributed by atoms with van der Waals surface area (Å²) in [5, 5.41) is 6.86. The Morgan fingerprint density at radius 1 is 1.27 bits per heavy atom. The maximum absolute atomic E-state index is 12.6. The van der Waals surface area contributed by atoms with Crippen LogP contribution in [0.5, 0.6) is 0 Å². The third-order valence-corrected chi connectivity index (χ3v) is 6.83. The average molecular weight is 481 g/mol. The first kappa shape index (κ1) is 23.6. The first-order valence-electron chi connectivity index (χ1n) is 11.4. The number of hydrogen-bond donors (Lipinski definition) is 2. The van der Waals surface area contributed by atoms with Crippen LogP contribution in [0, 0.1) is 5.92 Å². The van der Waals surface area contributed by atoms with Gasteiger partial charge in [-0.15, -0.1) is 0 Å². The van der Waals surface area contributed by atoms with Gasteiger partial charge in [-0.2, -0.15) is 0 Å². The average Bonchev–Trinajstić information content (AvgIpc) is 2.84. The Kier molecular flexibility index (Phi) is 7.91. The molecule has 0 bridgehead atoms. The number of pyridine rings is 1. The van der Waals surface area contributed by atoms with E-state index >= 15 is 0 Å². The number of anilines is 2. The van der Waals surface area contributed by atoms with E-state index in [1.807, 2.05) is 18.2 Å². The third-order valence-electron chi connectivity index (χ3n) is 6.32. The van der Waals surface area contributed by atoms with Gasteiger partial charge < -0.3 is 10.6 Å². The van der Waals surface area contributed by atoms with Crippen molar-refractivity contribution in [3.05, 3.63) is 77.0 Å². The van der Waals surface area contributed by atoms with Gasteiger partial charge in [0.2, 0.25) is 0 Å². The number of hydrogen-bond acceptors (Lipinski definition) is 5. The summed E-state index contributed by atoms with van der Waals surface area (Å²) in [6, 6.07) is 11.4. The molecule has 1 amide bonds. The minimum absolute atomic E-state index is 0.193. The fourth-order valence-corrected chi connectivity index (χ4v) is 4.63.